The molecule has 0 aromatic heterocycles. The summed E-state index contributed by atoms with van der Waals surface area (Å²) in [5, 5.41) is 3.36. The number of imide groups is 1. The van der Waals surface area contributed by atoms with E-state index in [9.17, 15) is 14.4 Å². The fraction of sp³-hybridized carbons (Fsp3) is 0.450. The van der Waals surface area contributed by atoms with Crippen LogP contribution in [0.2, 0.25) is 5.02 Å². The minimum absolute atomic E-state index is 0.259. The van der Waals surface area contributed by atoms with E-state index in [2.05, 4.69) is 11.4 Å². The SMILES string of the molecule is CC1C(=O)N(CC(=O)NCCC2=CCCCC2)C(=O)N1c1ccc(Cl)cc1. The molecule has 144 valence electrons. The molecule has 1 aromatic rings. The average molecular weight is 390 g/mol. The molecule has 0 saturated carbocycles. The predicted molar refractivity (Wildman–Crippen MR) is 105 cm³/mol. The molecule has 1 saturated heterocycles. The second-order valence-electron chi connectivity index (χ2n) is 6.94. The van der Waals surface area contributed by atoms with Gasteiger partial charge in [-0.15, -0.1) is 0 Å². The van der Waals surface area contributed by atoms with Crippen molar-refractivity contribution in [2.24, 2.45) is 0 Å². The first-order valence-electron chi connectivity index (χ1n) is 9.32. The van der Waals surface area contributed by atoms with E-state index in [1.54, 1.807) is 31.2 Å². The molecule has 1 N–H and O–H groups in total. The molecular weight excluding hydrogens is 366 g/mol. The maximum Gasteiger partial charge on any atom is 0.332 e. The average Bonchev–Trinajstić information content (AvgIpc) is 2.87. The van der Waals surface area contributed by atoms with E-state index in [0.717, 1.165) is 24.2 Å². The molecule has 4 amide bonds. The number of anilines is 1. The maximum atomic E-state index is 12.7. The van der Waals surface area contributed by atoms with Gasteiger partial charge in [-0.05, 0) is 63.3 Å². The second kappa shape index (κ2) is 8.57. The number of carbonyl (C=O) groups excluding carboxylic acids is 3. The van der Waals surface area contributed by atoms with Crippen LogP contribution in [-0.4, -0.2) is 41.9 Å². The topological polar surface area (TPSA) is 69.7 Å². The first kappa shape index (κ1) is 19.4. The van der Waals surface area contributed by atoms with Crippen LogP contribution in [0, 0.1) is 0 Å². The highest BCUT2D eigenvalue weighted by Gasteiger charge is 2.43. The Morgan fingerprint density at radius 3 is 2.63 bits per heavy atom. The molecule has 1 atom stereocenters. The van der Waals surface area contributed by atoms with Crippen LogP contribution in [0.15, 0.2) is 35.9 Å². The number of carbonyl (C=O) groups is 3. The number of allylic oxidation sites excluding steroid dienone is 1. The van der Waals surface area contributed by atoms with Gasteiger partial charge in [0.05, 0.1) is 0 Å². The van der Waals surface area contributed by atoms with Crippen LogP contribution in [-0.2, 0) is 9.59 Å². The largest absolute Gasteiger partial charge is 0.354 e. The third-order valence-corrected chi connectivity index (χ3v) is 5.26. The van der Waals surface area contributed by atoms with Gasteiger partial charge in [0.25, 0.3) is 5.91 Å². The summed E-state index contributed by atoms with van der Waals surface area (Å²) in [6.07, 6.45) is 7.70. The molecular formula is C20H24ClN3O3. The molecule has 1 heterocycles. The van der Waals surface area contributed by atoms with Gasteiger partial charge in [-0.25, -0.2) is 4.79 Å². The van der Waals surface area contributed by atoms with Gasteiger partial charge in [0.15, 0.2) is 0 Å². The van der Waals surface area contributed by atoms with Gasteiger partial charge in [-0.3, -0.25) is 19.4 Å². The molecule has 1 aromatic carbocycles. The van der Waals surface area contributed by atoms with Crippen molar-refractivity contribution < 1.29 is 14.4 Å². The molecule has 3 rings (SSSR count). The summed E-state index contributed by atoms with van der Waals surface area (Å²) in [7, 11) is 0. The number of hydrogen-bond donors (Lipinski definition) is 1. The van der Waals surface area contributed by atoms with Gasteiger partial charge in [0.1, 0.15) is 12.6 Å². The number of amides is 4. The molecule has 1 aliphatic heterocycles. The lowest BCUT2D eigenvalue weighted by atomic mass is 9.97. The standard InChI is InChI=1S/C20H24ClN3O3/c1-14-19(26)23(20(27)24(14)17-9-7-16(21)8-10-17)13-18(25)22-12-11-15-5-3-2-4-6-15/h5,7-10,14H,2-4,6,11-13H2,1H3,(H,22,25). The summed E-state index contributed by atoms with van der Waals surface area (Å²) >= 11 is 5.88. The fourth-order valence-corrected chi connectivity index (χ4v) is 3.63. The third kappa shape index (κ3) is 4.50. The van der Waals surface area contributed by atoms with E-state index in [-0.39, 0.29) is 18.4 Å². The van der Waals surface area contributed by atoms with Crippen LogP contribution in [0.4, 0.5) is 10.5 Å². The van der Waals surface area contributed by atoms with Crippen molar-refractivity contribution in [2.45, 2.75) is 45.1 Å². The Bertz CT molecular complexity index is 760. The minimum atomic E-state index is -0.654. The van der Waals surface area contributed by atoms with Crippen molar-refractivity contribution in [3.8, 4) is 0 Å². The van der Waals surface area contributed by atoms with Crippen LogP contribution >= 0.6 is 11.6 Å². The number of benzene rings is 1. The lowest BCUT2D eigenvalue weighted by molar-refractivity contribution is -0.131. The second-order valence-corrected chi connectivity index (χ2v) is 7.37. The molecule has 7 heteroatoms. The summed E-state index contributed by atoms with van der Waals surface area (Å²) in [5.74, 6) is -0.696. The Kier molecular flexibility index (Phi) is 6.16. The van der Waals surface area contributed by atoms with Crippen LogP contribution in [0.3, 0.4) is 0 Å². The molecule has 2 aliphatic rings. The Balaban J connectivity index is 1.56. The van der Waals surface area contributed by atoms with Crippen LogP contribution in [0.25, 0.3) is 0 Å². The van der Waals surface area contributed by atoms with Crippen LogP contribution in [0.1, 0.15) is 39.0 Å². The van der Waals surface area contributed by atoms with Crippen molar-refractivity contribution in [3.63, 3.8) is 0 Å². The lowest BCUT2D eigenvalue weighted by Gasteiger charge is -2.19. The van der Waals surface area contributed by atoms with Crippen LogP contribution in [0.5, 0.6) is 0 Å². The number of halogens is 1. The Labute approximate surface area is 164 Å². The summed E-state index contributed by atoms with van der Waals surface area (Å²) in [5.41, 5.74) is 1.95. The normalized spacial score (nSPS) is 20.1. The molecule has 27 heavy (non-hydrogen) atoms. The number of hydrogen-bond acceptors (Lipinski definition) is 3. The molecule has 0 radical (unpaired) electrons. The first-order valence-corrected chi connectivity index (χ1v) is 9.70. The molecule has 6 nitrogen and oxygen atoms in total. The van der Waals surface area contributed by atoms with Crippen LogP contribution < -0.4 is 10.2 Å². The number of nitrogens with one attached hydrogen (secondary N) is 1. The summed E-state index contributed by atoms with van der Waals surface area (Å²) in [4.78, 5) is 39.8. The van der Waals surface area contributed by atoms with Crippen molar-refractivity contribution in [1.82, 2.24) is 10.2 Å². The van der Waals surface area contributed by atoms with E-state index in [1.165, 1.54) is 23.3 Å². The van der Waals surface area contributed by atoms with E-state index in [0.29, 0.717) is 17.3 Å². The monoisotopic (exact) mass is 389 g/mol. The van der Waals surface area contributed by atoms with Gasteiger partial charge in [-0.2, -0.15) is 0 Å². The van der Waals surface area contributed by atoms with E-state index in [4.69, 9.17) is 11.6 Å². The quantitative estimate of drug-likeness (QED) is 0.598. The van der Waals surface area contributed by atoms with Crippen molar-refractivity contribution in [1.29, 1.82) is 0 Å². The summed E-state index contributed by atoms with van der Waals surface area (Å²) in [6.45, 7) is 1.92. The molecule has 1 aliphatic carbocycles. The highest BCUT2D eigenvalue weighted by molar-refractivity contribution is 6.30. The molecule has 0 bridgehead atoms. The van der Waals surface area contributed by atoms with Gasteiger partial charge in [0, 0.05) is 17.3 Å². The zero-order valence-electron chi connectivity index (χ0n) is 15.4. The summed E-state index contributed by atoms with van der Waals surface area (Å²) in [6, 6.07) is 5.56. The highest BCUT2D eigenvalue weighted by Crippen LogP contribution is 2.27. The van der Waals surface area contributed by atoms with E-state index in [1.807, 2.05) is 0 Å². The zero-order chi connectivity index (χ0) is 19.4. The Morgan fingerprint density at radius 1 is 1.22 bits per heavy atom. The maximum absolute atomic E-state index is 12.7. The molecule has 0 spiro atoms. The van der Waals surface area contributed by atoms with Crippen molar-refractivity contribution in [3.05, 3.63) is 40.9 Å². The first-order chi connectivity index (χ1) is 13.0. The Morgan fingerprint density at radius 2 is 1.96 bits per heavy atom. The highest BCUT2D eigenvalue weighted by atomic mass is 35.5. The van der Waals surface area contributed by atoms with Crippen molar-refractivity contribution >= 4 is 35.1 Å². The van der Waals surface area contributed by atoms with Crippen molar-refractivity contribution in [2.75, 3.05) is 18.0 Å². The fourth-order valence-electron chi connectivity index (χ4n) is 3.50. The summed E-state index contributed by atoms with van der Waals surface area (Å²) < 4.78 is 0. The molecule has 1 fully saturated rings. The number of urea groups is 1. The predicted octanol–water partition coefficient (Wildman–Crippen LogP) is 3.50. The Hall–Kier alpha value is -2.34. The van der Waals surface area contributed by atoms with E-state index >= 15 is 0 Å². The third-order valence-electron chi connectivity index (χ3n) is 5.01. The van der Waals surface area contributed by atoms with Gasteiger partial charge in [0.2, 0.25) is 5.91 Å². The molecule has 1 unspecified atom stereocenters. The lowest BCUT2D eigenvalue weighted by Crippen LogP contribution is -2.41. The zero-order valence-corrected chi connectivity index (χ0v) is 16.2. The van der Waals surface area contributed by atoms with Gasteiger partial charge in [-0.1, -0.05) is 23.3 Å². The number of rotatable bonds is 6. The van der Waals surface area contributed by atoms with Gasteiger partial charge >= 0.3 is 6.03 Å². The van der Waals surface area contributed by atoms with E-state index < -0.39 is 12.1 Å². The number of nitrogens with zero attached hydrogens (tertiary/aromatic N) is 2. The minimum Gasteiger partial charge on any atom is -0.354 e. The van der Waals surface area contributed by atoms with Gasteiger partial charge < -0.3 is 5.32 Å². The smallest absolute Gasteiger partial charge is 0.332 e.